The van der Waals surface area contributed by atoms with Gasteiger partial charge in [0.2, 0.25) is 5.91 Å². The molecular weight excluding hydrogens is 446 g/mol. The second-order valence-electron chi connectivity index (χ2n) is 9.71. The molecule has 34 heavy (non-hydrogen) atoms. The van der Waals surface area contributed by atoms with Crippen molar-refractivity contribution in [3.63, 3.8) is 0 Å². The number of amides is 1. The number of aliphatic hydroxyl groups excluding tert-OH is 4. The van der Waals surface area contributed by atoms with Crippen LogP contribution >= 0.6 is 0 Å². The molecule has 1 heterocycles. The van der Waals surface area contributed by atoms with E-state index in [1.54, 1.807) is 0 Å². The molecule has 6 unspecified atom stereocenters. The fraction of sp³-hybridized carbons (Fsp3) is 0.667. The molecule has 0 aromatic rings. The fourth-order valence-electron chi connectivity index (χ4n) is 4.66. The van der Waals surface area contributed by atoms with Gasteiger partial charge >= 0.3 is 11.8 Å². The second-order valence-corrected chi connectivity index (χ2v) is 9.71. The lowest BCUT2D eigenvalue weighted by atomic mass is 9.72. The van der Waals surface area contributed by atoms with Crippen LogP contribution < -0.4 is 5.32 Å². The van der Waals surface area contributed by atoms with Crippen molar-refractivity contribution in [2.24, 2.45) is 5.41 Å². The van der Waals surface area contributed by atoms with Gasteiger partial charge in [-0.2, -0.15) is 0 Å². The molecule has 2 aliphatic rings. The van der Waals surface area contributed by atoms with E-state index in [9.17, 15) is 35.1 Å². The van der Waals surface area contributed by atoms with Gasteiger partial charge in [-0.15, -0.1) is 0 Å². The molecule has 0 saturated carbocycles. The minimum atomic E-state index is -2.46. The van der Waals surface area contributed by atoms with E-state index in [1.165, 1.54) is 18.6 Å². The topological polar surface area (TPSA) is 166 Å². The van der Waals surface area contributed by atoms with Gasteiger partial charge in [0.1, 0.15) is 24.1 Å². The lowest BCUT2D eigenvalue weighted by Gasteiger charge is -2.46. The summed E-state index contributed by atoms with van der Waals surface area (Å²) < 4.78 is 11.2. The largest absolute Gasteiger partial charge is 0.476 e. The minimum absolute atomic E-state index is 0.0507. The number of rotatable bonds is 9. The number of nitrogens with one attached hydrogen (secondary N) is 1. The van der Waals surface area contributed by atoms with Crippen LogP contribution in [0, 0.1) is 5.41 Å². The molecule has 0 bridgehead atoms. The molecule has 0 radical (unpaired) electrons. The van der Waals surface area contributed by atoms with Crippen molar-refractivity contribution in [1.82, 2.24) is 5.32 Å². The van der Waals surface area contributed by atoms with Crippen LogP contribution in [0.2, 0.25) is 0 Å². The van der Waals surface area contributed by atoms with Gasteiger partial charge in [0.25, 0.3) is 0 Å². The molecule has 1 fully saturated rings. The molecule has 0 spiro atoms. The molecule has 1 saturated heterocycles. The number of carbonyl (C=O) groups is 2. The molecule has 192 valence electrons. The maximum absolute atomic E-state index is 12.2. The number of allylic oxidation sites excluding steroid dienone is 4. The van der Waals surface area contributed by atoms with Crippen LogP contribution in [0.25, 0.3) is 0 Å². The molecule has 10 nitrogen and oxygen atoms in total. The molecule has 1 aliphatic carbocycles. The van der Waals surface area contributed by atoms with Crippen molar-refractivity contribution in [3.05, 3.63) is 35.6 Å². The predicted molar refractivity (Wildman–Crippen MR) is 122 cm³/mol. The van der Waals surface area contributed by atoms with Crippen LogP contribution in [-0.4, -0.2) is 80.3 Å². The lowest BCUT2D eigenvalue weighted by Crippen LogP contribution is -2.67. The summed E-state index contributed by atoms with van der Waals surface area (Å²) in [6, 6.07) is -1.26. The van der Waals surface area contributed by atoms with Crippen molar-refractivity contribution < 1.29 is 44.6 Å². The Labute approximate surface area is 199 Å². The van der Waals surface area contributed by atoms with E-state index in [2.05, 4.69) is 25.7 Å². The number of hydrogen-bond acceptors (Lipinski definition) is 8. The summed E-state index contributed by atoms with van der Waals surface area (Å²) in [5.41, 5.74) is 2.25. The van der Waals surface area contributed by atoms with Crippen LogP contribution in [0.5, 0.6) is 0 Å². The van der Waals surface area contributed by atoms with E-state index in [4.69, 9.17) is 9.47 Å². The van der Waals surface area contributed by atoms with E-state index in [0.29, 0.717) is 0 Å². The first-order valence-electron chi connectivity index (χ1n) is 11.3. The average Bonchev–Trinajstić information content (AvgIpc) is 2.73. The van der Waals surface area contributed by atoms with Crippen molar-refractivity contribution in [2.45, 2.75) is 89.6 Å². The Morgan fingerprint density at radius 2 is 2.00 bits per heavy atom. The summed E-state index contributed by atoms with van der Waals surface area (Å²) in [5, 5.41) is 52.6. The van der Waals surface area contributed by atoms with Crippen LogP contribution in [0.1, 0.15) is 53.4 Å². The van der Waals surface area contributed by atoms with Crippen LogP contribution in [0.3, 0.4) is 0 Å². The maximum Gasteiger partial charge on any atom is 0.377 e. The van der Waals surface area contributed by atoms with Gasteiger partial charge in [0.15, 0.2) is 0 Å². The minimum Gasteiger partial charge on any atom is -0.476 e. The number of carbonyl (C=O) groups excluding carboxylic acids is 1. The Morgan fingerprint density at radius 1 is 1.35 bits per heavy atom. The van der Waals surface area contributed by atoms with Crippen LogP contribution in [0.4, 0.5) is 0 Å². The maximum atomic E-state index is 12.2. The van der Waals surface area contributed by atoms with Gasteiger partial charge in [-0.3, -0.25) is 4.79 Å². The number of carboxylic acids is 1. The van der Waals surface area contributed by atoms with E-state index in [0.717, 1.165) is 24.8 Å². The molecular formula is C24H37NO9. The summed E-state index contributed by atoms with van der Waals surface area (Å²) in [7, 11) is 0. The second kappa shape index (κ2) is 11.0. The molecule has 0 aromatic carbocycles. The van der Waals surface area contributed by atoms with Gasteiger partial charge < -0.3 is 40.3 Å². The molecule has 0 aromatic heterocycles. The Bertz CT molecular complexity index is 849. The number of hydrogen-bond donors (Lipinski definition) is 6. The first-order chi connectivity index (χ1) is 15.7. The van der Waals surface area contributed by atoms with E-state index in [-0.39, 0.29) is 11.2 Å². The third-order valence-corrected chi connectivity index (χ3v) is 6.46. The highest BCUT2D eigenvalue weighted by molar-refractivity contribution is 5.77. The normalized spacial score (nSPS) is 31.1. The van der Waals surface area contributed by atoms with Crippen molar-refractivity contribution >= 4 is 11.9 Å². The first kappa shape index (κ1) is 28.0. The quantitative estimate of drug-likeness (QED) is 0.205. The zero-order chi connectivity index (χ0) is 25.8. The summed E-state index contributed by atoms with van der Waals surface area (Å²) in [6.45, 7) is 10.4. The number of aliphatic hydroxyl groups is 4. The molecule has 2 rings (SSSR count). The zero-order valence-electron chi connectivity index (χ0n) is 20.2. The SMILES string of the molecule is C=C(/C=C/C1=C(C)CCCC1(C)C)OC1(C(=O)O)CC(O)C(NC(C)=O)C(C(O)C(O)CO)O1. The smallest absolute Gasteiger partial charge is 0.377 e. The summed E-state index contributed by atoms with van der Waals surface area (Å²) in [4.78, 5) is 23.8. The predicted octanol–water partition coefficient (Wildman–Crippen LogP) is 0.749. The van der Waals surface area contributed by atoms with Gasteiger partial charge in [-0.25, -0.2) is 4.79 Å². The first-order valence-corrected chi connectivity index (χ1v) is 11.3. The summed E-state index contributed by atoms with van der Waals surface area (Å²) in [5.74, 6) is -4.67. The van der Waals surface area contributed by atoms with E-state index >= 15 is 0 Å². The van der Waals surface area contributed by atoms with Gasteiger partial charge in [-0.05, 0) is 43.3 Å². The lowest BCUT2D eigenvalue weighted by molar-refractivity contribution is -0.299. The van der Waals surface area contributed by atoms with Crippen LogP contribution in [0.15, 0.2) is 35.6 Å². The Hall–Kier alpha value is -2.24. The fourth-order valence-corrected chi connectivity index (χ4v) is 4.66. The Balaban J connectivity index is 2.33. The molecule has 1 amide bonds. The van der Waals surface area contributed by atoms with Gasteiger partial charge in [0, 0.05) is 6.92 Å². The van der Waals surface area contributed by atoms with Gasteiger partial charge in [-0.1, -0.05) is 32.1 Å². The summed E-state index contributed by atoms with van der Waals surface area (Å²) in [6.07, 6.45) is -0.864. The van der Waals surface area contributed by atoms with E-state index < -0.39 is 61.1 Å². The molecule has 6 atom stereocenters. The third-order valence-electron chi connectivity index (χ3n) is 6.46. The zero-order valence-corrected chi connectivity index (χ0v) is 20.2. The summed E-state index contributed by atoms with van der Waals surface area (Å²) >= 11 is 0. The highest BCUT2D eigenvalue weighted by atomic mass is 16.7. The highest BCUT2D eigenvalue weighted by Crippen LogP contribution is 2.41. The van der Waals surface area contributed by atoms with Crippen LogP contribution in [-0.2, 0) is 19.1 Å². The average molecular weight is 484 g/mol. The number of carboxylic acid groups (broad SMARTS) is 1. The monoisotopic (exact) mass is 483 g/mol. The van der Waals surface area contributed by atoms with Crippen molar-refractivity contribution in [2.75, 3.05) is 6.61 Å². The molecule has 1 aliphatic heterocycles. The highest BCUT2D eigenvalue weighted by Gasteiger charge is 2.56. The van der Waals surface area contributed by atoms with Gasteiger partial charge in [0.05, 0.1) is 25.2 Å². The Kier molecular flexibility index (Phi) is 9.06. The van der Waals surface area contributed by atoms with E-state index in [1.807, 2.05) is 13.0 Å². The van der Waals surface area contributed by atoms with Crippen molar-refractivity contribution in [1.29, 1.82) is 0 Å². The Morgan fingerprint density at radius 3 is 2.53 bits per heavy atom. The third kappa shape index (κ3) is 6.25. The number of ether oxygens (including phenoxy) is 2. The standard InChI is InChI=1S/C24H37NO9/c1-13-7-6-10-23(4,5)16(13)9-8-14(2)33-24(22(31)32)11-17(28)19(25-15(3)27)21(34-24)20(30)18(29)12-26/h8-9,17-21,26,28-30H,2,6-7,10-12H2,1,3-5H3,(H,25,27)(H,31,32)/b9-8+. The number of aliphatic carboxylic acids is 1. The molecule has 6 N–H and O–H groups in total. The molecule has 10 heteroatoms. The van der Waals surface area contributed by atoms with Crippen molar-refractivity contribution in [3.8, 4) is 0 Å².